The van der Waals surface area contributed by atoms with E-state index in [0.29, 0.717) is 37.7 Å². The lowest BCUT2D eigenvalue weighted by Gasteiger charge is -2.28. The molecule has 0 unspecified atom stereocenters. The van der Waals surface area contributed by atoms with Gasteiger partial charge in [0.15, 0.2) is 17.5 Å². The Labute approximate surface area is 199 Å². The molecule has 0 aliphatic carbocycles. The molecule has 1 amide bonds. The number of amides is 1. The Morgan fingerprint density at radius 3 is 2.20 bits per heavy atom. The minimum Gasteiger partial charge on any atom is -0.493 e. The van der Waals surface area contributed by atoms with Gasteiger partial charge in [-0.25, -0.2) is 0 Å². The lowest BCUT2D eigenvalue weighted by Crippen LogP contribution is -2.46. The number of hydrogen-bond donors (Lipinski definition) is 1. The van der Waals surface area contributed by atoms with Gasteiger partial charge in [0.05, 0.1) is 27.3 Å². The van der Waals surface area contributed by atoms with Crippen molar-refractivity contribution in [3.8, 4) is 11.5 Å². The van der Waals surface area contributed by atoms with Crippen molar-refractivity contribution < 1.29 is 14.3 Å². The van der Waals surface area contributed by atoms with Crippen molar-refractivity contribution in [1.82, 2.24) is 15.1 Å². The van der Waals surface area contributed by atoms with E-state index in [1.807, 2.05) is 55.8 Å². The summed E-state index contributed by atoms with van der Waals surface area (Å²) in [6.07, 6.45) is 0. The predicted octanol–water partition coefficient (Wildman–Crippen LogP) is 3.37. The molecule has 7 nitrogen and oxygen atoms in total. The monoisotopic (exact) mass is 534 g/mol. The fraction of sp³-hybridized carbons (Fsp3) is 0.636. The Morgan fingerprint density at radius 2 is 1.70 bits per heavy atom. The molecular formula is C22H39IN4O3. The van der Waals surface area contributed by atoms with Crippen LogP contribution in [0.25, 0.3) is 0 Å². The molecule has 0 atom stereocenters. The molecule has 0 aromatic heterocycles. The predicted molar refractivity (Wildman–Crippen MR) is 135 cm³/mol. The fourth-order valence-corrected chi connectivity index (χ4v) is 3.04. The zero-order valence-corrected chi connectivity index (χ0v) is 22.1. The van der Waals surface area contributed by atoms with E-state index in [4.69, 9.17) is 14.5 Å². The van der Waals surface area contributed by atoms with Crippen LogP contribution in [0.4, 0.5) is 0 Å². The normalized spacial score (nSPS) is 11.4. The molecule has 0 bridgehead atoms. The molecule has 1 N–H and O–H groups in total. The highest BCUT2D eigenvalue weighted by molar-refractivity contribution is 14.0. The molecule has 0 aliphatic rings. The van der Waals surface area contributed by atoms with Crippen LogP contribution in [-0.4, -0.2) is 75.7 Å². The maximum atomic E-state index is 12.5. The van der Waals surface area contributed by atoms with Crippen LogP contribution >= 0.6 is 24.0 Å². The summed E-state index contributed by atoms with van der Waals surface area (Å²) in [6, 6.07) is 5.95. The van der Waals surface area contributed by atoms with Crippen LogP contribution in [0.2, 0.25) is 0 Å². The average molecular weight is 534 g/mol. The standard InChI is InChI=1S/C22H38N4O3.HI/c1-9-23-21(25(6)15-20(27)26(10-2)11-3)24-16-22(4,5)17-12-13-18(28-7)19(14-17)29-8;/h12-14H,9-11,15-16H2,1-8H3,(H,23,24);1H. The Bertz CT molecular complexity index is 691. The van der Waals surface area contributed by atoms with Gasteiger partial charge >= 0.3 is 0 Å². The van der Waals surface area contributed by atoms with Crippen LogP contribution in [0.15, 0.2) is 23.2 Å². The highest BCUT2D eigenvalue weighted by atomic mass is 127. The minimum absolute atomic E-state index is 0. The highest BCUT2D eigenvalue weighted by Crippen LogP contribution is 2.33. The SMILES string of the molecule is CCNC(=NCC(C)(C)c1ccc(OC)c(OC)c1)N(C)CC(=O)N(CC)CC.I. The summed E-state index contributed by atoms with van der Waals surface area (Å²) >= 11 is 0. The number of aliphatic imine (C=N–C) groups is 1. The topological polar surface area (TPSA) is 66.4 Å². The number of nitrogens with zero attached hydrogens (tertiary/aromatic N) is 3. The second-order valence-electron chi connectivity index (χ2n) is 7.55. The van der Waals surface area contributed by atoms with Gasteiger partial charge in [0.25, 0.3) is 0 Å². The molecule has 8 heteroatoms. The molecule has 30 heavy (non-hydrogen) atoms. The van der Waals surface area contributed by atoms with E-state index >= 15 is 0 Å². The maximum Gasteiger partial charge on any atom is 0.242 e. The number of carbonyl (C=O) groups excluding carboxylic acids is 1. The molecule has 172 valence electrons. The van der Waals surface area contributed by atoms with Crippen molar-refractivity contribution in [1.29, 1.82) is 0 Å². The van der Waals surface area contributed by atoms with Crippen LogP contribution in [0.3, 0.4) is 0 Å². The molecule has 0 spiro atoms. The van der Waals surface area contributed by atoms with Crippen LogP contribution in [-0.2, 0) is 10.2 Å². The van der Waals surface area contributed by atoms with Gasteiger partial charge in [0, 0.05) is 32.1 Å². The zero-order valence-electron chi connectivity index (χ0n) is 19.7. The van der Waals surface area contributed by atoms with Gasteiger partial charge in [0.2, 0.25) is 5.91 Å². The average Bonchev–Trinajstić information content (AvgIpc) is 2.71. The number of hydrogen-bond acceptors (Lipinski definition) is 4. The lowest BCUT2D eigenvalue weighted by atomic mass is 9.84. The van der Waals surface area contributed by atoms with Crippen molar-refractivity contribution >= 4 is 35.8 Å². The summed E-state index contributed by atoms with van der Waals surface area (Å²) in [4.78, 5) is 21.0. The second-order valence-corrected chi connectivity index (χ2v) is 7.55. The van der Waals surface area contributed by atoms with Gasteiger partial charge in [-0.1, -0.05) is 19.9 Å². The van der Waals surface area contributed by atoms with Crippen molar-refractivity contribution in [2.75, 3.05) is 54.0 Å². The second kappa shape index (κ2) is 13.6. The van der Waals surface area contributed by atoms with E-state index in [1.165, 1.54) is 0 Å². The largest absolute Gasteiger partial charge is 0.493 e. The highest BCUT2D eigenvalue weighted by Gasteiger charge is 2.23. The van der Waals surface area contributed by atoms with Gasteiger partial charge in [-0.2, -0.15) is 0 Å². The molecule has 0 saturated carbocycles. The Balaban J connectivity index is 0.00000841. The van der Waals surface area contributed by atoms with E-state index in [9.17, 15) is 4.79 Å². The third kappa shape index (κ3) is 7.85. The molecule has 1 aromatic rings. The number of nitrogens with one attached hydrogen (secondary N) is 1. The van der Waals surface area contributed by atoms with E-state index in [1.54, 1.807) is 14.2 Å². The summed E-state index contributed by atoms with van der Waals surface area (Å²) in [5.41, 5.74) is 0.890. The summed E-state index contributed by atoms with van der Waals surface area (Å²) in [5.74, 6) is 2.23. The minimum atomic E-state index is -0.218. The first kappa shape index (κ1) is 28.3. The van der Waals surface area contributed by atoms with Crippen molar-refractivity contribution in [2.45, 2.75) is 40.0 Å². The molecule has 0 aliphatic heterocycles. The molecular weight excluding hydrogens is 495 g/mol. The smallest absolute Gasteiger partial charge is 0.242 e. The zero-order chi connectivity index (χ0) is 22.0. The number of likely N-dealkylation sites (N-methyl/N-ethyl adjacent to an activating group) is 2. The number of guanidine groups is 1. The van der Waals surface area contributed by atoms with E-state index in [2.05, 4.69) is 19.2 Å². The van der Waals surface area contributed by atoms with Gasteiger partial charge in [-0.15, -0.1) is 24.0 Å². The van der Waals surface area contributed by atoms with Gasteiger partial charge in [-0.05, 0) is 38.5 Å². The van der Waals surface area contributed by atoms with E-state index in [0.717, 1.165) is 18.1 Å². The quantitative estimate of drug-likeness (QED) is 0.283. The Morgan fingerprint density at radius 1 is 1.10 bits per heavy atom. The summed E-state index contributed by atoms with van der Waals surface area (Å²) in [6.45, 7) is 13.3. The lowest BCUT2D eigenvalue weighted by molar-refractivity contribution is -0.131. The molecule has 0 saturated heterocycles. The van der Waals surface area contributed by atoms with Crippen molar-refractivity contribution in [3.05, 3.63) is 23.8 Å². The maximum absolute atomic E-state index is 12.5. The van der Waals surface area contributed by atoms with E-state index in [-0.39, 0.29) is 35.3 Å². The third-order valence-electron chi connectivity index (χ3n) is 4.97. The number of carbonyl (C=O) groups is 1. The Hall–Kier alpha value is -1.71. The summed E-state index contributed by atoms with van der Waals surface area (Å²) < 4.78 is 10.8. The number of rotatable bonds is 10. The van der Waals surface area contributed by atoms with E-state index < -0.39 is 0 Å². The first-order valence-electron chi connectivity index (χ1n) is 10.2. The Kier molecular flexibility index (Phi) is 12.8. The number of benzene rings is 1. The first-order chi connectivity index (χ1) is 13.7. The number of ether oxygens (including phenoxy) is 2. The third-order valence-corrected chi connectivity index (χ3v) is 4.97. The van der Waals surface area contributed by atoms with Gasteiger partial charge < -0.3 is 24.6 Å². The molecule has 1 rings (SSSR count). The molecule has 0 radical (unpaired) electrons. The van der Waals surface area contributed by atoms with Crippen molar-refractivity contribution in [3.63, 3.8) is 0 Å². The van der Waals surface area contributed by atoms with Crippen molar-refractivity contribution in [2.24, 2.45) is 4.99 Å². The van der Waals surface area contributed by atoms with Crippen LogP contribution < -0.4 is 14.8 Å². The number of halogens is 1. The van der Waals surface area contributed by atoms with Crippen LogP contribution in [0.5, 0.6) is 11.5 Å². The molecule has 0 fully saturated rings. The first-order valence-corrected chi connectivity index (χ1v) is 10.2. The molecule has 0 heterocycles. The summed E-state index contributed by atoms with van der Waals surface area (Å²) in [7, 11) is 5.16. The molecule has 1 aromatic carbocycles. The van der Waals surface area contributed by atoms with Crippen LogP contribution in [0.1, 0.15) is 40.2 Å². The fourth-order valence-electron chi connectivity index (χ4n) is 3.04. The van der Waals surface area contributed by atoms with Gasteiger partial charge in [0.1, 0.15) is 0 Å². The summed E-state index contributed by atoms with van der Waals surface area (Å²) in [5, 5.41) is 3.29. The van der Waals surface area contributed by atoms with Crippen LogP contribution in [0, 0.1) is 0 Å². The number of methoxy groups -OCH3 is 2. The van der Waals surface area contributed by atoms with Gasteiger partial charge in [-0.3, -0.25) is 9.79 Å².